The summed E-state index contributed by atoms with van der Waals surface area (Å²) in [7, 11) is -8.70. The Balaban J connectivity index is 2.04. The van der Waals surface area contributed by atoms with E-state index in [1.54, 1.807) is 0 Å². The third-order valence-corrected chi connectivity index (χ3v) is 4.37. The van der Waals surface area contributed by atoms with E-state index >= 15 is 0 Å². The van der Waals surface area contributed by atoms with Gasteiger partial charge in [-0.25, -0.2) is 18.5 Å². The number of rotatable bonds is 6. The molecule has 0 spiro atoms. The van der Waals surface area contributed by atoms with Crippen LogP contribution in [-0.2, 0) is 9.13 Å². The number of hydrogen-bond donors (Lipinski definition) is 3. The molecule has 3 N–H and O–H groups in total. The topological polar surface area (TPSA) is 139 Å². The van der Waals surface area contributed by atoms with E-state index in [0.29, 0.717) is 5.56 Å². The molecule has 0 fully saturated rings. The summed E-state index contributed by atoms with van der Waals surface area (Å²) in [5, 5.41) is 0. The number of halogens is 1. The van der Waals surface area contributed by atoms with Gasteiger partial charge in [-0.2, -0.15) is 0 Å². The van der Waals surface area contributed by atoms with Crippen LogP contribution in [0.25, 0.3) is 28.6 Å². The minimum atomic E-state index is -4.78. The molecule has 0 saturated heterocycles. The molecule has 0 aliphatic heterocycles. The molecular formula is C16H14FNO8P2. The van der Waals surface area contributed by atoms with Crippen LogP contribution in [0, 0.1) is 5.82 Å². The van der Waals surface area contributed by atoms with Crippen LogP contribution in [0.3, 0.4) is 0 Å². The average Bonchev–Trinajstić information content (AvgIpc) is 2.97. The number of phosphoric ester groups is 1. The summed E-state index contributed by atoms with van der Waals surface area (Å²) in [4.78, 5) is 31.3. The van der Waals surface area contributed by atoms with Crippen molar-refractivity contribution >= 4 is 32.6 Å². The summed E-state index contributed by atoms with van der Waals surface area (Å²) in [6.45, 7) is 4.52. The lowest BCUT2D eigenvalue weighted by molar-refractivity contribution is 0.283. The highest BCUT2D eigenvalue weighted by atomic mass is 31.2. The number of aromatic nitrogens is 1. The molecule has 0 radical (unpaired) electrons. The maximum Gasteiger partial charge on any atom is 0.524 e. The van der Waals surface area contributed by atoms with E-state index in [0.717, 1.165) is 18.8 Å². The second-order valence-corrected chi connectivity index (χ2v) is 8.66. The Labute approximate surface area is 157 Å². The van der Waals surface area contributed by atoms with Crippen molar-refractivity contribution in [1.29, 1.82) is 0 Å². The van der Waals surface area contributed by atoms with Gasteiger partial charge >= 0.3 is 15.4 Å². The summed E-state index contributed by atoms with van der Waals surface area (Å²) >= 11 is 0. The monoisotopic (exact) mass is 429 g/mol. The van der Waals surface area contributed by atoms with Crippen LogP contribution in [0.15, 0.2) is 41.3 Å². The van der Waals surface area contributed by atoms with Crippen molar-refractivity contribution in [2.45, 2.75) is 0 Å². The van der Waals surface area contributed by atoms with E-state index in [-0.39, 0.29) is 28.3 Å². The van der Waals surface area contributed by atoms with Crippen LogP contribution in [0.4, 0.5) is 4.39 Å². The van der Waals surface area contributed by atoms with E-state index in [1.807, 2.05) is 0 Å². The summed E-state index contributed by atoms with van der Waals surface area (Å²) in [6.07, 6.45) is 1.38. The Kier molecular flexibility index (Phi) is 5.18. The second-order valence-electron chi connectivity index (χ2n) is 5.71. The van der Waals surface area contributed by atoms with Gasteiger partial charge < -0.3 is 18.4 Å². The molecule has 1 atom stereocenters. The number of benzene rings is 2. The van der Waals surface area contributed by atoms with Crippen LogP contribution in [-0.4, -0.2) is 26.3 Å². The fourth-order valence-corrected chi connectivity index (χ4v) is 3.28. The first-order valence-electron chi connectivity index (χ1n) is 7.57. The Morgan fingerprint density at radius 2 is 1.89 bits per heavy atom. The molecule has 0 aliphatic carbocycles. The first kappa shape index (κ1) is 20.3. The molecule has 9 nitrogen and oxygen atoms in total. The van der Waals surface area contributed by atoms with Gasteiger partial charge in [0.2, 0.25) is 5.89 Å². The van der Waals surface area contributed by atoms with Gasteiger partial charge in [0.25, 0.3) is 0 Å². The van der Waals surface area contributed by atoms with Gasteiger partial charge in [0.1, 0.15) is 11.3 Å². The third-order valence-electron chi connectivity index (χ3n) is 3.38. The summed E-state index contributed by atoms with van der Waals surface area (Å²) in [5.41, 5.74) is 1.01. The fourth-order valence-electron chi connectivity index (χ4n) is 2.39. The average molecular weight is 429 g/mol. The molecule has 3 rings (SSSR count). The van der Waals surface area contributed by atoms with Crippen molar-refractivity contribution < 1.29 is 41.7 Å². The van der Waals surface area contributed by atoms with Gasteiger partial charge in [-0.05, 0) is 24.3 Å². The van der Waals surface area contributed by atoms with Crippen LogP contribution < -0.4 is 9.05 Å². The van der Waals surface area contributed by atoms with Crippen LogP contribution >= 0.6 is 15.4 Å². The second kappa shape index (κ2) is 7.16. The van der Waals surface area contributed by atoms with Gasteiger partial charge in [0.15, 0.2) is 17.1 Å². The zero-order valence-corrected chi connectivity index (χ0v) is 16.1. The summed E-state index contributed by atoms with van der Waals surface area (Å²) in [6, 6.07) is 6.10. The van der Waals surface area contributed by atoms with Gasteiger partial charge in [0.05, 0.1) is 0 Å². The molecule has 0 saturated carbocycles. The minimum Gasteiger partial charge on any atom is -0.435 e. The molecule has 2 aromatic carbocycles. The molecule has 0 aliphatic rings. The maximum absolute atomic E-state index is 14.2. The van der Waals surface area contributed by atoms with Gasteiger partial charge in [-0.15, -0.1) is 0 Å². The number of fused-ring (bicyclic) bond motifs is 1. The number of nitrogens with zero attached hydrogens (tertiary/aromatic N) is 1. The normalized spacial score (nSPS) is 13.9. The molecule has 12 heteroatoms. The van der Waals surface area contributed by atoms with Crippen LogP contribution in [0.2, 0.25) is 0 Å². The SMILES string of the molecule is C=Cc1cc(OP(=O)(O)O)cc2nc(-c3ccc(OP(C)(=O)O)c(F)c3)oc12. The van der Waals surface area contributed by atoms with E-state index in [4.69, 9.17) is 14.2 Å². The Hall–Kier alpha value is -2.48. The van der Waals surface area contributed by atoms with Crippen molar-refractivity contribution in [2.24, 2.45) is 0 Å². The Morgan fingerprint density at radius 3 is 2.46 bits per heavy atom. The van der Waals surface area contributed by atoms with Gasteiger partial charge in [0, 0.05) is 23.9 Å². The quantitative estimate of drug-likeness (QED) is 0.497. The van der Waals surface area contributed by atoms with Crippen LogP contribution in [0.1, 0.15) is 5.56 Å². The lowest BCUT2D eigenvalue weighted by Crippen LogP contribution is -1.93. The molecule has 0 amide bonds. The molecular weight excluding hydrogens is 415 g/mol. The third kappa shape index (κ3) is 4.67. The van der Waals surface area contributed by atoms with Gasteiger partial charge in [-0.3, -0.25) is 9.79 Å². The molecule has 28 heavy (non-hydrogen) atoms. The number of oxazole rings is 1. The Morgan fingerprint density at radius 1 is 1.18 bits per heavy atom. The largest absolute Gasteiger partial charge is 0.524 e. The van der Waals surface area contributed by atoms with Crippen molar-refractivity contribution in [3.63, 3.8) is 0 Å². The van der Waals surface area contributed by atoms with E-state index < -0.39 is 27.0 Å². The van der Waals surface area contributed by atoms with E-state index in [2.05, 4.69) is 20.6 Å². The number of hydrogen-bond acceptors (Lipinski definition) is 6. The summed E-state index contributed by atoms with van der Waals surface area (Å²) in [5.74, 6) is -1.45. The van der Waals surface area contributed by atoms with Gasteiger partial charge in [-0.1, -0.05) is 12.7 Å². The zero-order chi connectivity index (χ0) is 20.7. The zero-order valence-electron chi connectivity index (χ0n) is 14.3. The van der Waals surface area contributed by atoms with Crippen molar-refractivity contribution in [3.05, 3.63) is 48.3 Å². The molecule has 3 aromatic rings. The smallest absolute Gasteiger partial charge is 0.435 e. The predicted molar refractivity (Wildman–Crippen MR) is 98.5 cm³/mol. The first-order valence-corrected chi connectivity index (χ1v) is 11.1. The van der Waals surface area contributed by atoms with Crippen molar-refractivity contribution in [2.75, 3.05) is 6.66 Å². The molecule has 1 aromatic heterocycles. The highest BCUT2D eigenvalue weighted by Crippen LogP contribution is 2.41. The molecule has 148 valence electrons. The first-order chi connectivity index (χ1) is 12.9. The van der Waals surface area contributed by atoms with Crippen molar-refractivity contribution in [3.8, 4) is 23.0 Å². The highest BCUT2D eigenvalue weighted by molar-refractivity contribution is 7.52. The van der Waals surface area contributed by atoms with E-state index in [9.17, 15) is 18.4 Å². The minimum absolute atomic E-state index is 0.000518. The molecule has 1 unspecified atom stereocenters. The summed E-state index contributed by atoms with van der Waals surface area (Å²) < 4.78 is 51.3. The van der Waals surface area contributed by atoms with Crippen LogP contribution in [0.5, 0.6) is 11.5 Å². The Bertz CT molecular complexity index is 1160. The highest BCUT2D eigenvalue weighted by Gasteiger charge is 2.20. The van der Waals surface area contributed by atoms with E-state index in [1.165, 1.54) is 24.3 Å². The maximum atomic E-state index is 14.2. The molecule has 1 heterocycles. The predicted octanol–water partition coefficient (Wildman–Crippen LogP) is 3.94. The lowest BCUT2D eigenvalue weighted by atomic mass is 10.2. The standard InChI is InChI=1S/C16H14FNO8P2/c1-3-9-6-11(25-28(21,22)23)8-13-15(9)24-16(18-13)10-4-5-14(12(17)7-10)26-27(2,19)20/h3-8H,1H2,2H3,(H,19,20)(H2,21,22,23). The number of phosphoric acid groups is 1. The fraction of sp³-hybridized carbons (Fsp3) is 0.0625. The molecule has 0 bridgehead atoms. The lowest BCUT2D eigenvalue weighted by Gasteiger charge is -2.09. The van der Waals surface area contributed by atoms with Crippen molar-refractivity contribution in [1.82, 2.24) is 4.98 Å².